The lowest BCUT2D eigenvalue weighted by Gasteiger charge is -2.41. The zero-order valence-electron chi connectivity index (χ0n) is 56.5. The predicted molar refractivity (Wildman–Crippen MR) is 374 cm³/mol. The molecule has 0 spiro atoms. The van der Waals surface area contributed by atoms with Crippen molar-refractivity contribution in [3.8, 4) is 0 Å². The van der Waals surface area contributed by atoms with Crippen molar-refractivity contribution in [1.82, 2.24) is 5.32 Å². The van der Waals surface area contributed by atoms with E-state index in [1.165, 1.54) is 96.3 Å². The smallest absolute Gasteiger partial charge is 0.306 e. The first-order chi connectivity index (χ1) is 43.7. The second-order valence-corrected chi connectivity index (χ2v) is 24.2. The Hall–Kier alpha value is -4.20. The largest absolute Gasteiger partial charge is 0.454 e. The number of ether oxygens (including phenoxy) is 3. The third-order valence-electron chi connectivity index (χ3n) is 16.0. The lowest BCUT2D eigenvalue weighted by atomic mass is 9.99. The molecule has 1 rings (SSSR count). The number of carbonyl (C=O) groups is 2. The summed E-state index contributed by atoms with van der Waals surface area (Å²) in [6, 6.07) is -1.04. The molecule has 11 nitrogen and oxygen atoms in total. The summed E-state index contributed by atoms with van der Waals surface area (Å²) in [5, 5.41) is 57.3. The topological polar surface area (TPSA) is 175 Å². The van der Waals surface area contributed by atoms with Crippen molar-refractivity contribution in [1.29, 1.82) is 0 Å². The van der Waals surface area contributed by atoms with Crippen molar-refractivity contribution >= 4 is 11.9 Å². The summed E-state index contributed by atoms with van der Waals surface area (Å²) >= 11 is 0. The van der Waals surface area contributed by atoms with Gasteiger partial charge < -0.3 is 45.1 Å². The summed E-state index contributed by atoms with van der Waals surface area (Å²) in [4.78, 5) is 26.7. The van der Waals surface area contributed by atoms with E-state index in [-0.39, 0.29) is 19.4 Å². The van der Waals surface area contributed by atoms with Crippen LogP contribution < -0.4 is 5.32 Å². The second kappa shape index (κ2) is 63.9. The van der Waals surface area contributed by atoms with E-state index in [2.05, 4.69) is 148 Å². The predicted octanol–water partition coefficient (Wildman–Crippen LogP) is 18.7. The summed E-state index contributed by atoms with van der Waals surface area (Å²) in [6.45, 7) is 5.57. The van der Waals surface area contributed by atoms with E-state index in [4.69, 9.17) is 14.2 Å². The fraction of sp³-hybridized carbons (Fsp3) is 0.692. The molecule has 8 atom stereocenters. The van der Waals surface area contributed by atoms with Crippen LogP contribution >= 0.6 is 0 Å². The highest BCUT2D eigenvalue weighted by atomic mass is 16.7. The van der Waals surface area contributed by atoms with E-state index < -0.39 is 67.4 Å². The summed E-state index contributed by atoms with van der Waals surface area (Å²) in [5.41, 5.74) is 0. The molecular formula is C78H131NO10. The van der Waals surface area contributed by atoms with Gasteiger partial charge in [-0.2, -0.15) is 0 Å². The van der Waals surface area contributed by atoms with Gasteiger partial charge in [0.1, 0.15) is 24.4 Å². The Morgan fingerprint density at radius 1 is 0.449 bits per heavy atom. The van der Waals surface area contributed by atoms with E-state index in [1.54, 1.807) is 6.08 Å². The molecule has 0 saturated carbocycles. The summed E-state index contributed by atoms with van der Waals surface area (Å²) in [6.07, 6.45) is 80.5. The van der Waals surface area contributed by atoms with Crippen LogP contribution in [0.5, 0.6) is 0 Å². The zero-order valence-corrected chi connectivity index (χ0v) is 56.5. The highest BCUT2D eigenvalue weighted by Crippen LogP contribution is 2.26. The van der Waals surface area contributed by atoms with Gasteiger partial charge in [-0.3, -0.25) is 9.59 Å². The molecule has 8 unspecified atom stereocenters. The van der Waals surface area contributed by atoms with Gasteiger partial charge in [-0.1, -0.05) is 296 Å². The highest BCUT2D eigenvalue weighted by Gasteiger charge is 2.47. The SMILES string of the molecule is CC/C=C\C/C=C\C/C=C\C/C=C\C/C=C\CCCCCCCCCCCCC(O)C(=O)NC(COC1OC(CO)C(O)C(O)C1OC(=O)CCCCCCC/C=C\C/C=C\C/C=C\C/C=C\C/C=C\CC)C(O)/C=C/CCCCCCCCCCCCC. The fourth-order valence-corrected chi connectivity index (χ4v) is 10.5. The van der Waals surface area contributed by atoms with Crippen molar-refractivity contribution < 1.29 is 49.3 Å². The van der Waals surface area contributed by atoms with Crippen LogP contribution in [0.4, 0.5) is 0 Å². The monoisotopic (exact) mass is 1240 g/mol. The minimum atomic E-state index is -1.63. The van der Waals surface area contributed by atoms with Gasteiger partial charge in [-0.25, -0.2) is 0 Å². The molecule has 89 heavy (non-hydrogen) atoms. The maximum absolute atomic E-state index is 13.5. The van der Waals surface area contributed by atoms with Gasteiger partial charge in [0.2, 0.25) is 5.91 Å². The first-order valence-electron chi connectivity index (χ1n) is 36.0. The van der Waals surface area contributed by atoms with Crippen molar-refractivity contribution in [3.05, 3.63) is 134 Å². The summed E-state index contributed by atoms with van der Waals surface area (Å²) in [5.74, 6) is -1.22. The van der Waals surface area contributed by atoms with Crippen LogP contribution in [-0.2, 0) is 23.8 Å². The maximum Gasteiger partial charge on any atom is 0.306 e. The van der Waals surface area contributed by atoms with Crippen molar-refractivity contribution in [2.45, 2.75) is 333 Å². The lowest BCUT2D eigenvalue weighted by Crippen LogP contribution is -2.61. The number of esters is 1. The molecule has 1 amide bonds. The van der Waals surface area contributed by atoms with Crippen molar-refractivity contribution in [3.63, 3.8) is 0 Å². The van der Waals surface area contributed by atoms with Crippen molar-refractivity contribution in [2.75, 3.05) is 13.2 Å². The van der Waals surface area contributed by atoms with Gasteiger partial charge in [-0.15, -0.1) is 0 Å². The Labute approximate surface area is 543 Å². The molecule has 0 bridgehead atoms. The van der Waals surface area contributed by atoms with Crippen LogP contribution in [0.3, 0.4) is 0 Å². The van der Waals surface area contributed by atoms with E-state index >= 15 is 0 Å². The lowest BCUT2D eigenvalue weighted by molar-refractivity contribution is -0.305. The number of carbonyl (C=O) groups excluding carboxylic acids is 2. The van der Waals surface area contributed by atoms with Gasteiger partial charge in [-0.05, 0) is 116 Å². The standard InChI is InChI=1S/C78H131NO10/c1-4-7-10-13-16-19-22-25-27-29-31-33-34-35-36-37-39-40-42-44-47-50-53-56-59-62-65-71(82)77(86)79-69(70(81)64-61-58-55-52-49-46-24-21-18-15-12-9-6-3)68-87-78-76(75(85)74(84)72(67-80)88-78)89-73(83)66-63-60-57-54-51-48-45-43-41-38-32-30-28-26-23-20-17-14-11-8-5-2/h7-8,10-11,16-17,19-20,25-28,31-33,35-36,38,43,45,61,64,69-72,74-76,78,80-82,84-85H,4-6,9,12-15,18,21-24,29-30,34,37,39-42,44,46-60,62-63,65-68H2,1-3H3,(H,79,86)/b10-7-,11-8-,19-16-,20-17-,27-25-,28-26-,33-31-,36-35-,38-32-,45-43-,64-61+. The Kier molecular flexibility index (Phi) is 59.5. The van der Waals surface area contributed by atoms with Gasteiger partial charge in [0.25, 0.3) is 0 Å². The minimum Gasteiger partial charge on any atom is -0.454 e. The number of amides is 1. The molecule has 1 fully saturated rings. The zero-order chi connectivity index (χ0) is 64.6. The summed E-state index contributed by atoms with van der Waals surface area (Å²) < 4.78 is 17.7. The first kappa shape index (κ1) is 82.8. The van der Waals surface area contributed by atoms with Crippen LogP contribution in [0.1, 0.15) is 284 Å². The Morgan fingerprint density at radius 3 is 1.21 bits per heavy atom. The number of allylic oxidation sites excluding steroid dienone is 21. The molecule has 0 aliphatic carbocycles. The average Bonchev–Trinajstić information content (AvgIpc) is 3.11. The number of aliphatic hydroxyl groups excluding tert-OH is 5. The Morgan fingerprint density at radius 2 is 0.809 bits per heavy atom. The van der Waals surface area contributed by atoms with Crippen LogP contribution in [-0.4, -0.2) is 99.6 Å². The third kappa shape index (κ3) is 51.1. The molecule has 1 saturated heterocycles. The summed E-state index contributed by atoms with van der Waals surface area (Å²) in [7, 11) is 0. The molecule has 1 aliphatic rings. The highest BCUT2D eigenvalue weighted by molar-refractivity contribution is 5.80. The normalized spacial score (nSPS) is 18.9. The molecule has 508 valence electrons. The second-order valence-electron chi connectivity index (χ2n) is 24.2. The van der Waals surface area contributed by atoms with Crippen LogP contribution in [0.25, 0.3) is 0 Å². The molecule has 6 N–H and O–H groups in total. The molecule has 0 aromatic carbocycles. The number of aliphatic hydroxyl groups is 5. The minimum absolute atomic E-state index is 0.0946. The number of unbranched alkanes of at least 4 members (excludes halogenated alkanes) is 26. The van der Waals surface area contributed by atoms with E-state index in [0.29, 0.717) is 12.8 Å². The van der Waals surface area contributed by atoms with E-state index in [1.807, 2.05) is 6.08 Å². The van der Waals surface area contributed by atoms with Gasteiger partial charge >= 0.3 is 5.97 Å². The van der Waals surface area contributed by atoms with Crippen LogP contribution in [0.15, 0.2) is 134 Å². The molecular weight excluding hydrogens is 1110 g/mol. The number of rotatable bonds is 60. The number of nitrogens with one attached hydrogen (secondary N) is 1. The van der Waals surface area contributed by atoms with E-state index in [9.17, 15) is 35.1 Å². The number of hydrogen-bond donors (Lipinski definition) is 6. The molecule has 0 aromatic heterocycles. The Bertz CT molecular complexity index is 1960. The fourth-order valence-electron chi connectivity index (χ4n) is 10.5. The molecule has 11 heteroatoms. The maximum atomic E-state index is 13.5. The average molecular weight is 1240 g/mol. The molecule has 0 aromatic rings. The Balaban J connectivity index is 2.61. The quantitative estimate of drug-likeness (QED) is 0.0195. The first-order valence-corrected chi connectivity index (χ1v) is 36.0. The van der Waals surface area contributed by atoms with E-state index in [0.717, 1.165) is 141 Å². The van der Waals surface area contributed by atoms with Crippen molar-refractivity contribution in [2.24, 2.45) is 0 Å². The molecule has 1 heterocycles. The third-order valence-corrected chi connectivity index (χ3v) is 16.0. The number of hydrogen-bond acceptors (Lipinski definition) is 10. The van der Waals surface area contributed by atoms with Gasteiger partial charge in [0.15, 0.2) is 12.4 Å². The van der Waals surface area contributed by atoms with Gasteiger partial charge in [0.05, 0.1) is 25.4 Å². The van der Waals surface area contributed by atoms with Gasteiger partial charge in [0, 0.05) is 6.42 Å². The molecule has 1 aliphatic heterocycles. The molecule has 0 radical (unpaired) electrons. The van der Waals surface area contributed by atoms with Crippen LogP contribution in [0.2, 0.25) is 0 Å². The van der Waals surface area contributed by atoms with Crippen LogP contribution in [0, 0.1) is 0 Å².